The normalized spacial score (nSPS) is 10.4. The Labute approximate surface area is 81.0 Å². The highest BCUT2D eigenvalue weighted by Crippen LogP contribution is 2.11. The summed E-state index contributed by atoms with van der Waals surface area (Å²) >= 11 is 0. The van der Waals surface area contributed by atoms with Gasteiger partial charge in [-0.1, -0.05) is 0 Å². The van der Waals surface area contributed by atoms with Gasteiger partial charge < -0.3 is 9.97 Å². The number of nitrogens with zero attached hydrogens (tertiary/aromatic N) is 1. The van der Waals surface area contributed by atoms with Crippen LogP contribution in [0.1, 0.15) is 11.4 Å². The number of aromatic amines is 2. The highest BCUT2D eigenvalue weighted by atomic mass is 16.1. The van der Waals surface area contributed by atoms with E-state index in [0.29, 0.717) is 5.82 Å². The van der Waals surface area contributed by atoms with Gasteiger partial charge in [0.25, 0.3) is 5.56 Å². The van der Waals surface area contributed by atoms with E-state index in [-0.39, 0.29) is 5.56 Å². The number of H-pyrrole nitrogens is 2. The van der Waals surface area contributed by atoms with Crippen molar-refractivity contribution in [3.63, 3.8) is 0 Å². The van der Waals surface area contributed by atoms with E-state index in [2.05, 4.69) is 15.0 Å². The smallest absolute Gasteiger partial charge is 0.251 e. The van der Waals surface area contributed by atoms with Crippen molar-refractivity contribution in [3.8, 4) is 11.5 Å². The van der Waals surface area contributed by atoms with Crippen molar-refractivity contribution >= 4 is 0 Å². The lowest BCUT2D eigenvalue weighted by Crippen LogP contribution is -2.08. The maximum absolute atomic E-state index is 11.2. The number of hydrogen-bond acceptors (Lipinski definition) is 2. The highest BCUT2D eigenvalue weighted by molar-refractivity contribution is 5.49. The molecule has 2 heterocycles. The number of nitrogens with one attached hydrogen (secondary N) is 2. The second-order valence-corrected chi connectivity index (χ2v) is 3.29. The van der Waals surface area contributed by atoms with Crippen molar-refractivity contribution in [1.29, 1.82) is 0 Å². The summed E-state index contributed by atoms with van der Waals surface area (Å²) in [7, 11) is 0. The molecule has 0 radical (unpaired) electrons. The summed E-state index contributed by atoms with van der Waals surface area (Å²) in [5.41, 5.74) is 2.48. The topological polar surface area (TPSA) is 61.5 Å². The van der Waals surface area contributed by atoms with Crippen LogP contribution in [0.4, 0.5) is 0 Å². The Morgan fingerprint density at radius 1 is 1.21 bits per heavy atom. The van der Waals surface area contributed by atoms with Crippen LogP contribution in [0.2, 0.25) is 0 Å². The van der Waals surface area contributed by atoms with E-state index in [1.807, 2.05) is 19.1 Å². The standard InChI is InChI=1S/C10H11N3O/c1-6-3-4-8(11-6)10-12-7(2)5-9(14)13-10/h3-5,11H,1-2H3,(H,12,13,14). The van der Waals surface area contributed by atoms with E-state index < -0.39 is 0 Å². The van der Waals surface area contributed by atoms with E-state index in [9.17, 15) is 4.79 Å². The molecular formula is C10H11N3O. The van der Waals surface area contributed by atoms with E-state index >= 15 is 0 Å². The first-order chi connectivity index (χ1) is 6.65. The molecule has 0 saturated heterocycles. The van der Waals surface area contributed by atoms with Gasteiger partial charge in [0.05, 0.1) is 5.69 Å². The fourth-order valence-corrected chi connectivity index (χ4v) is 1.35. The largest absolute Gasteiger partial charge is 0.356 e. The number of hydrogen-bond donors (Lipinski definition) is 2. The lowest BCUT2D eigenvalue weighted by Gasteiger charge is -1.98. The summed E-state index contributed by atoms with van der Waals surface area (Å²) in [4.78, 5) is 21.2. The molecule has 0 atom stereocenters. The summed E-state index contributed by atoms with van der Waals surface area (Å²) in [5.74, 6) is 0.586. The SMILES string of the molecule is Cc1cc(=O)[nH]c(-c2ccc(C)[nH]2)n1. The fourth-order valence-electron chi connectivity index (χ4n) is 1.35. The van der Waals surface area contributed by atoms with Crippen molar-refractivity contribution in [2.45, 2.75) is 13.8 Å². The number of rotatable bonds is 1. The van der Waals surface area contributed by atoms with Gasteiger partial charge in [-0.25, -0.2) is 4.98 Å². The summed E-state index contributed by atoms with van der Waals surface area (Å²) in [5, 5.41) is 0. The first kappa shape index (κ1) is 8.74. The van der Waals surface area contributed by atoms with Gasteiger partial charge >= 0.3 is 0 Å². The van der Waals surface area contributed by atoms with Gasteiger partial charge in [0.2, 0.25) is 0 Å². The average molecular weight is 189 g/mol. The Kier molecular flexibility index (Phi) is 1.96. The maximum Gasteiger partial charge on any atom is 0.251 e. The van der Waals surface area contributed by atoms with Gasteiger partial charge in [-0.05, 0) is 26.0 Å². The molecule has 0 saturated carbocycles. The van der Waals surface area contributed by atoms with Crippen LogP contribution in [-0.2, 0) is 0 Å². The van der Waals surface area contributed by atoms with Gasteiger partial charge in [-0.15, -0.1) is 0 Å². The fraction of sp³-hybridized carbons (Fsp3) is 0.200. The van der Waals surface area contributed by atoms with Gasteiger partial charge in [0, 0.05) is 17.5 Å². The minimum atomic E-state index is -0.125. The van der Waals surface area contributed by atoms with Crippen molar-refractivity contribution in [3.05, 3.63) is 39.9 Å². The molecular weight excluding hydrogens is 178 g/mol. The molecule has 0 aliphatic rings. The molecule has 4 heteroatoms. The van der Waals surface area contributed by atoms with Crippen LogP contribution >= 0.6 is 0 Å². The number of aryl methyl sites for hydroxylation is 2. The third kappa shape index (κ3) is 1.59. The zero-order valence-electron chi connectivity index (χ0n) is 8.09. The molecule has 0 aliphatic carbocycles. The summed E-state index contributed by atoms with van der Waals surface area (Å²) in [6.45, 7) is 3.76. The molecule has 14 heavy (non-hydrogen) atoms. The van der Waals surface area contributed by atoms with Gasteiger partial charge in [-0.3, -0.25) is 4.79 Å². The molecule has 2 N–H and O–H groups in total. The minimum Gasteiger partial charge on any atom is -0.356 e. The first-order valence-electron chi connectivity index (χ1n) is 4.39. The third-order valence-electron chi connectivity index (χ3n) is 1.96. The number of aromatic nitrogens is 3. The second kappa shape index (κ2) is 3.14. The minimum absolute atomic E-state index is 0.125. The highest BCUT2D eigenvalue weighted by Gasteiger charge is 2.02. The van der Waals surface area contributed by atoms with Crippen molar-refractivity contribution < 1.29 is 0 Å². The molecule has 0 unspecified atom stereocenters. The zero-order chi connectivity index (χ0) is 10.1. The summed E-state index contributed by atoms with van der Waals surface area (Å²) in [6.07, 6.45) is 0. The lowest BCUT2D eigenvalue weighted by molar-refractivity contribution is 1.06. The zero-order valence-corrected chi connectivity index (χ0v) is 8.09. The van der Waals surface area contributed by atoms with Crippen molar-refractivity contribution in [1.82, 2.24) is 15.0 Å². The Balaban J connectivity index is 2.56. The second-order valence-electron chi connectivity index (χ2n) is 3.29. The first-order valence-corrected chi connectivity index (χ1v) is 4.39. The van der Waals surface area contributed by atoms with Crippen LogP contribution in [0, 0.1) is 13.8 Å². The molecule has 0 aliphatic heterocycles. The molecule has 0 fully saturated rings. The Morgan fingerprint density at radius 2 is 2.00 bits per heavy atom. The Morgan fingerprint density at radius 3 is 2.57 bits per heavy atom. The predicted molar refractivity (Wildman–Crippen MR) is 54.1 cm³/mol. The van der Waals surface area contributed by atoms with Crippen LogP contribution in [0.3, 0.4) is 0 Å². The summed E-state index contributed by atoms with van der Waals surface area (Å²) in [6, 6.07) is 5.31. The van der Waals surface area contributed by atoms with Crippen LogP contribution in [-0.4, -0.2) is 15.0 Å². The van der Waals surface area contributed by atoms with Gasteiger partial charge in [0.15, 0.2) is 5.82 Å². The molecule has 2 aromatic heterocycles. The van der Waals surface area contributed by atoms with Crippen LogP contribution in [0.5, 0.6) is 0 Å². The molecule has 2 aromatic rings. The third-order valence-corrected chi connectivity index (χ3v) is 1.96. The Hall–Kier alpha value is -1.84. The molecule has 4 nitrogen and oxygen atoms in total. The molecule has 0 amide bonds. The Bertz CT molecular complexity index is 510. The van der Waals surface area contributed by atoms with E-state index in [0.717, 1.165) is 17.1 Å². The van der Waals surface area contributed by atoms with Crippen molar-refractivity contribution in [2.24, 2.45) is 0 Å². The quantitative estimate of drug-likeness (QED) is 0.712. The van der Waals surface area contributed by atoms with Crippen LogP contribution in [0.15, 0.2) is 23.0 Å². The van der Waals surface area contributed by atoms with E-state index in [4.69, 9.17) is 0 Å². The maximum atomic E-state index is 11.2. The van der Waals surface area contributed by atoms with E-state index in [1.54, 1.807) is 6.92 Å². The summed E-state index contributed by atoms with van der Waals surface area (Å²) < 4.78 is 0. The monoisotopic (exact) mass is 189 g/mol. The lowest BCUT2D eigenvalue weighted by atomic mass is 10.3. The van der Waals surface area contributed by atoms with Crippen LogP contribution in [0.25, 0.3) is 11.5 Å². The van der Waals surface area contributed by atoms with Crippen LogP contribution < -0.4 is 5.56 Å². The molecule has 0 bridgehead atoms. The average Bonchev–Trinajstić information content (AvgIpc) is 2.50. The van der Waals surface area contributed by atoms with Gasteiger partial charge in [-0.2, -0.15) is 0 Å². The molecule has 72 valence electrons. The predicted octanol–water partition coefficient (Wildman–Crippen LogP) is 1.38. The molecule has 0 aromatic carbocycles. The van der Waals surface area contributed by atoms with E-state index in [1.165, 1.54) is 6.07 Å². The van der Waals surface area contributed by atoms with Crippen molar-refractivity contribution in [2.75, 3.05) is 0 Å². The molecule has 2 rings (SSSR count). The van der Waals surface area contributed by atoms with Gasteiger partial charge in [0.1, 0.15) is 0 Å². The molecule has 0 spiro atoms.